The van der Waals surface area contributed by atoms with E-state index in [9.17, 15) is 4.79 Å². The van der Waals surface area contributed by atoms with Gasteiger partial charge >= 0.3 is 0 Å². The summed E-state index contributed by atoms with van der Waals surface area (Å²) in [4.78, 5) is 11.4. The monoisotopic (exact) mass is 198 g/mol. The molecule has 0 aliphatic heterocycles. The van der Waals surface area contributed by atoms with Gasteiger partial charge in [-0.2, -0.15) is 0 Å². The number of hydrogen-bond acceptors (Lipinski definition) is 2. The number of Topliss-reactive ketones (excluding diaryl/α,β-unsaturated/α-hetero) is 1. The van der Waals surface area contributed by atoms with Crippen LogP contribution < -0.4 is 0 Å². The highest BCUT2D eigenvalue weighted by Crippen LogP contribution is 2.29. The van der Waals surface area contributed by atoms with Gasteiger partial charge in [-0.25, -0.2) is 0 Å². The van der Waals surface area contributed by atoms with Crippen LogP contribution in [0.5, 0.6) is 0 Å². The molecule has 0 heterocycles. The largest absolute Gasteiger partial charge is 0.295 e. The minimum Gasteiger partial charge on any atom is -0.295 e. The first kappa shape index (κ1) is 10.8. The molecule has 1 aliphatic carbocycles. The van der Waals surface area contributed by atoms with Gasteiger partial charge in [-0.3, -0.25) is 4.79 Å². The molecule has 13 heavy (non-hydrogen) atoms. The lowest BCUT2D eigenvalue weighted by Gasteiger charge is -2.17. The SMILES string of the molecule is CC(C)(C)S/C=C1/CCCCC1=O. The van der Waals surface area contributed by atoms with Crippen LogP contribution in [0.2, 0.25) is 0 Å². The Morgan fingerprint density at radius 1 is 1.23 bits per heavy atom. The van der Waals surface area contributed by atoms with Crippen molar-refractivity contribution in [3.63, 3.8) is 0 Å². The fourth-order valence-electron chi connectivity index (χ4n) is 1.27. The van der Waals surface area contributed by atoms with Gasteiger partial charge in [0.25, 0.3) is 0 Å². The zero-order chi connectivity index (χ0) is 9.90. The van der Waals surface area contributed by atoms with Gasteiger partial charge in [0.2, 0.25) is 0 Å². The van der Waals surface area contributed by atoms with Gasteiger partial charge in [0.15, 0.2) is 5.78 Å². The Morgan fingerprint density at radius 3 is 2.38 bits per heavy atom. The number of allylic oxidation sites excluding steroid dienone is 1. The molecule has 0 atom stereocenters. The predicted octanol–water partition coefficient (Wildman–Crippen LogP) is 3.55. The van der Waals surface area contributed by atoms with E-state index >= 15 is 0 Å². The van der Waals surface area contributed by atoms with E-state index < -0.39 is 0 Å². The summed E-state index contributed by atoms with van der Waals surface area (Å²) in [5.74, 6) is 0.364. The van der Waals surface area contributed by atoms with Gasteiger partial charge in [0.05, 0.1) is 0 Å². The molecule has 1 fully saturated rings. The van der Waals surface area contributed by atoms with Gasteiger partial charge in [-0.1, -0.05) is 20.8 Å². The number of ketones is 1. The third-order valence-corrected chi connectivity index (χ3v) is 3.12. The zero-order valence-corrected chi connectivity index (χ0v) is 9.54. The van der Waals surface area contributed by atoms with E-state index in [1.807, 2.05) is 0 Å². The van der Waals surface area contributed by atoms with Gasteiger partial charge in [-0.05, 0) is 24.7 Å². The molecule has 1 rings (SSSR count). The van der Waals surface area contributed by atoms with Crippen molar-refractivity contribution < 1.29 is 4.79 Å². The molecule has 0 unspecified atom stereocenters. The third kappa shape index (κ3) is 3.99. The second-order valence-electron chi connectivity index (χ2n) is 4.50. The molecule has 0 aromatic rings. The van der Waals surface area contributed by atoms with E-state index in [1.165, 1.54) is 6.42 Å². The summed E-state index contributed by atoms with van der Waals surface area (Å²) in [6, 6.07) is 0. The van der Waals surface area contributed by atoms with E-state index in [4.69, 9.17) is 0 Å². The summed E-state index contributed by atoms with van der Waals surface area (Å²) in [6.07, 6.45) is 4.01. The van der Waals surface area contributed by atoms with Crippen molar-refractivity contribution in [1.82, 2.24) is 0 Å². The lowest BCUT2D eigenvalue weighted by Crippen LogP contribution is -2.10. The topological polar surface area (TPSA) is 17.1 Å². The lowest BCUT2D eigenvalue weighted by molar-refractivity contribution is -0.116. The lowest BCUT2D eigenvalue weighted by atomic mass is 9.95. The van der Waals surface area contributed by atoms with Crippen molar-refractivity contribution >= 4 is 17.5 Å². The molecule has 1 aliphatic rings. The maximum atomic E-state index is 11.4. The molecule has 0 amide bonds. The summed E-state index contributed by atoms with van der Waals surface area (Å²) < 4.78 is 0.227. The predicted molar refractivity (Wildman–Crippen MR) is 58.9 cm³/mol. The summed E-state index contributed by atoms with van der Waals surface area (Å²) >= 11 is 1.76. The Morgan fingerprint density at radius 2 is 1.85 bits per heavy atom. The highest BCUT2D eigenvalue weighted by Gasteiger charge is 2.16. The van der Waals surface area contributed by atoms with Crippen molar-refractivity contribution in [3.8, 4) is 0 Å². The first-order valence-electron chi connectivity index (χ1n) is 4.89. The average molecular weight is 198 g/mol. The number of hydrogen-bond donors (Lipinski definition) is 0. The molecule has 0 radical (unpaired) electrons. The van der Waals surface area contributed by atoms with Crippen LogP contribution in [0.15, 0.2) is 11.0 Å². The van der Waals surface area contributed by atoms with Crippen LogP contribution in [0.3, 0.4) is 0 Å². The molecular formula is C11H18OS. The quantitative estimate of drug-likeness (QED) is 0.599. The molecule has 1 nitrogen and oxygen atoms in total. The highest BCUT2D eigenvalue weighted by atomic mass is 32.2. The fourth-order valence-corrected chi connectivity index (χ4v) is 2.02. The molecular weight excluding hydrogens is 180 g/mol. The van der Waals surface area contributed by atoms with Crippen molar-refractivity contribution in [3.05, 3.63) is 11.0 Å². The average Bonchev–Trinajstić information content (AvgIpc) is 2.01. The molecule has 0 aromatic carbocycles. The fraction of sp³-hybridized carbons (Fsp3) is 0.727. The number of thioether (sulfide) groups is 1. The van der Waals surface area contributed by atoms with E-state index in [0.717, 1.165) is 24.8 Å². The summed E-state index contributed by atoms with van der Waals surface area (Å²) in [7, 11) is 0. The zero-order valence-electron chi connectivity index (χ0n) is 8.72. The van der Waals surface area contributed by atoms with Crippen molar-refractivity contribution in [2.24, 2.45) is 0 Å². The van der Waals surface area contributed by atoms with Gasteiger partial charge in [-0.15, -0.1) is 11.8 Å². The Bertz CT molecular complexity index is 223. The second kappa shape index (κ2) is 4.32. The van der Waals surface area contributed by atoms with Crippen LogP contribution in [-0.2, 0) is 4.79 Å². The molecule has 0 aromatic heterocycles. The van der Waals surface area contributed by atoms with Crippen LogP contribution in [0, 0.1) is 0 Å². The van der Waals surface area contributed by atoms with Gasteiger partial charge < -0.3 is 0 Å². The minimum absolute atomic E-state index is 0.227. The van der Waals surface area contributed by atoms with Crippen molar-refractivity contribution in [2.45, 2.75) is 51.2 Å². The minimum atomic E-state index is 0.227. The third-order valence-electron chi connectivity index (χ3n) is 2.01. The number of carbonyl (C=O) groups is 1. The maximum Gasteiger partial charge on any atom is 0.159 e. The van der Waals surface area contributed by atoms with E-state index in [-0.39, 0.29) is 4.75 Å². The molecule has 0 N–H and O–H groups in total. The van der Waals surface area contributed by atoms with E-state index in [2.05, 4.69) is 26.2 Å². The van der Waals surface area contributed by atoms with Gasteiger partial charge in [0.1, 0.15) is 0 Å². The molecule has 0 saturated heterocycles. The molecule has 1 saturated carbocycles. The summed E-state index contributed by atoms with van der Waals surface area (Å²) in [5, 5.41) is 2.07. The Balaban J connectivity index is 2.54. The first-order valence-corrected chi connectivity index (χ1v) is 5.77. The Labute approximate surface area is 85.0 Å². The summed E-state index contributed by atoms with van der Waals surface area (Å²) in [5.41, 5.74) is 1.05. The maximum absolute atomic E-state index is 11.4. The van der Waals surface area contributed by atoms with Crippen LogP contribution in [-0.4, -0.2) is 10.5 Å². The molecule has 74 valence electrons. The molecule has 2 heteroatoms. The van der Waals surface area contributed by atoms with Crippen molar-refractivity contribution in [1.29, 1.82) is 0 Å². The molecule has 0 spiro atoms. The van der Waals surface area contributed by atoms with E-state index in [0.29, 0.717) is 5.78 Å². The Hall–Kier alpha value is -0.240. The number of carbonyl (C=O) groups excluding carboxylic acids is 1. The summed E-state index contributed by atoms with van der Waals surface area (Å²) in [6.45, 7) is 6.51. The van der Waals surface area contributed by atoms with Crippen LogP contribution >= 0.6 is 11.8 Å². The normalized spacial score (nSPS) is 22.4. The van der Waals surface area contributed by atoms with Crippen LogP contribution in [0.1, 0.15) is 46.5 Å². The Kier molecular flexibility index (Phi) is 3.60. The van der Waals surface area contributed by atoms with E-state index in [1.54, 1.807) is 11.8 Å². The van der Waals surface area contributed by atoms with Crippen LogP contribution in [0.25, 0.3) is 0 Å². The van der Waals surface area contributed by atoms with Gasteiger partial charge in [0, 0.05) is 16.7 Å². The molecule has 0 bridgehead atoms. The van der Waals surface area contributed by atoms with Crippen molar-refractivity contribution in [2.75, 3.05) is 0 Å². The second-order valence-corrected chi connectivity index (χ2v) is 6.20. The smallest absolute Gasteiger partial charge is 0.159 e. The number of rotatable bonds is 1. The first-order chi connectivity index (χ1) is 5.99. The standard InChI is InChI=1S/C11H18OS/c1-11(2,3)13-8-9-6-4-5-7-10(9)12/h8H,4-7H2,1-3H3/b9-8-. The highest BCUT2D eigenvalue weighted by molar-refractivity contribution is 8.03. The van der Waals surface area contributed by atoms with Crippen LogP contribution in [0.4, 0.5) is 0 Å².